The Bertz CT molecular complexity index is 2030. The summed E-state index contributed by atoms with van der Waals surface area (Å²) in [6, 6.07) is 6.29. The van der Waals surface area contributed by atoms with Gasteiger partial charge in [0.2, 0.25) is 0 Å². The van der Waals surface area contributed by atoms with Crippen molar-refractivity contribution in [2.75, 3.05) is 57.4 Å². The van der Waals surface area contributed by atoms with E-state index in [9.17, 15) is 18.3 Å². The van der Waals surface area contributed by atoms with Gasteiger partial charge in [-0.3, -0.25) is 0 Å². The highest BCUT2D eigenvalue weighted by molar-refractivity contribution is 8.00. The number of benzene rings is 3. The quantitative estimate of drug-likeness (QED) is 0.115. The van der Waals surface area contributed by atoms with E-state index in [0.717, 1.165) is 70.5 Å². The minimum atomic E-state index is -4.82. The number of aromatic hydroxyl groups is 1. The molecule has 4 aliphatic rings. The van der Waals surface area contributed by atoms with Crippen molar-refractivity contribution >= 4 is 39.3 Å². The number of nitrogens with zero attached hydrogens (tertiary/aromatic N) is 4. The van der Waals surface area contributed by atoms with Crippen molar-refractivity contribution < 1.29 is 36.5 Å². The number of ether oxygens (including phenoxy) is 2. The smallest absolute Gasteiger partial charge is 0.446 e. The maximum absolute atomic E-state index is 17.3. The molecule has 0 radical (unpaired) electrons. The van der Waals surface area contributed by atoms with Gasteiger partial charge in [-0.2, -0.15) is 23.1 Å². The van der Waals surface area contributed by atoms with E-state index < -0.39 is 39.4 Å². The predicted molar refractivity (Wildman–Crippen MR) is 185 cm³/mol. The number of thioether (sulfide) groups is 1. The van der Waals surface area contributed by atoms with Gasteiger partial charge in [-0.05, 0) is 79.1 Å². The van der Waals surface area contributed by atoms with Gasteiger partial charge in [0.15, 0.2) is 5.82 Å². The van der Waals surface area contributed by atoms with Gasteiger partial charge >= 0.3 is 11.5 Å². The van der Waals surface area contributed by atoms with Crippen LogP contribution in [-0.2, 0) is 4.74 Å². The molecule has 4 fully saturated rings. The summed E-state index contributed by atoms with van der Waals surface area (Å²) < 4.78 is 86.9. The number of terminal acetylenes is 1. The van der Waals surface area contributed by atoms with Crippen LogP contribution in [0.2, 0.25) is 0 Å². The lowest BCUT2D eigenvalue weighted by atomic mass is 9.93. The Morgan fingerprint density at radius 1 is 1.08 bits per heavy atom. The Morgan fingerprint density at radius 2 is 1.86 bits per heavy atom. The molecule has 2 bridgehead atoms. The normalized spacial score (nSPS) is 21.9. The van der Waals surface area contributed by atoms with Crippen LogP contribution in [0.4, 0.5) is 27.8 Å². The first-order valence-electron chi connectivity index (χ1n) is 17.2. The highest BCUT2D eigenvalue weighted by Gasteiger charge is 2.45. The number of phenols is 1. The zero-order valence-electron chi connectivity index (χ0n) is 27.7. The molecule has 2 unspecified atom stereocenters. The molecule has 3 aliphatic heterocycles. The highest BCUT2D eigenvalue weighted by Crippen LogP contribution is 2.50. The fraction of sp³-hybridized carbons (Fsp3) is 0.459. The van der Waals surface area contributed by atoms with E-state index in [0.29, 0.717) is 26.3 Å². The largest absolute Gasteiger partial charge is 0.508 e. The Kier molecular flexibility index (Phi) is 8.89. The van der Waals surface area contributed by atoms with Crippen LogP contribution >= 0.6 is 11.8 Å². The lowest BCUT2D eigenvalue weighted by molar-refractivity contribution is -0.0328. The standard InChI is InChI=1S/C37H36F5N5O3S/c1-2-25-28(38)7-4-21-14-24(48)15-26(30(21)25)31-29(51-37(40,41)42)16-27-33(32(31)39)44-35(45-34(27)47-17-22-5-6-23(18-47)43-22)50-20-36(8-9-36)19-46-10-3-12-49-13-11-46/h1,4,7,14-16,22-23,43,48H,3,5-6,8-13,17-20H2. The molecule has 8 rings (SSSR count). The maximum atomic E-state index is 17.3. The van der Waals surface area contributed by atoms with E-state index in [1.54, 1.807) is 0 Å². The van der Waals surface area contributed by atoms with Gasteiger partial charge in [0, 0.05) is 78.1 Å². The third kappa shape index (κ3) is 6.89. The predicted octanol–water partition coefficient (Wildman–Crippen LogP) is 6.85. The average molecular weight is 726 g/mol. The van der Waals surface area contributed by atoms with Crippen LogP contribution in [-0.4, -0.2) is 90.1 Å². The first kappa shape index (κ1) is 34.2. The Balaban J connectivity index is 1.29. The second kappa shape index (κ2) is 13.3. The number of aromatic nitrogens is 2. The van der Waals surface area contributed by atoms with Gasteiger partial charge < -0.3 is 29.7 Å². The van der Waals surface area contributed by atoms with E-state index in [1.807, 2.05) is 4.90 Å². The van der Waals surface area contributed by atoms with Crippen LogP contribution in [0.3, 0.4) is 0 Å². The van der Waals surface area contributed by atoms with Crippen molar-refractivity contribution in [3.63, 3.8) is 0 Å². The number of phenolic OH excluding ortho intramolecular Hbond substituents is 1. The van der Waals surface area contributed by atoms with Crippen LogP contribution in [0.5, 0.6) is 11.8 Å². The lowest BCUT2D eigenvalue weighted by Crippen LogP contribution is -2.51. The minimum Gasteiger partial charge on any atom is -0.508 e. The number of nitrogens with one attached hydrogen (secondary N) is 1. The molecule has 2 atom stereocenters. The summed E-state index contributed by atoms with van der Waals surface area (Å²) in [5, 5.41) is 14.5. The third-order valence-electron chi connectivity index (χ3n) is 10.4. The number of rotatable bonds is 8. The third-order valence-corrected chi connectivity index (χ3v) is 11.2. The number of alkyl halides is 3. The first-order chi connectivity index (χ1) is 24.5. The minimum absolute atomic E-state index is 0.00315. The molecule has 268 valence electrons. The molecule has 14 heteroatoms. The number of hydrogen-bond donors (Lipinski definition) is 2. The van der Waals surface area contributed by atoms with Crippen LogP contribution in [0.15, 0.2) is 35.2 Å². The Hall–Kier alpha value is -3.90. The molecule has 1 saturated carbocycles. The van der Waals surface area contributed by atoms with E-state index >= 15 is 8.78 Å². The van der Waals surface area contributed by atoms with Crippen molar-refractivity contribution in [1.82, 2.24) is 20.2 Å². The van der Waals surface area contributed by atoms with Gasteiger partial charge in [-0.15, -0.1) is 6.42 Å². The zero-order chi connectivity index (χ0) is 35.5. The number of halogens is 5. The van der Waals surface area contributed by atoms with Crippen molar-refractivity contribution in [3.05, 3.63) is 47.5 Å². The average Bonchev–Trinajstić information content (AvgIpc) is 3.83. The Morgan fingerprint density at radius 3 is 2.59 bits per heavy atom. The lowest BCUT2D eigenvalue weighted by Gasteiger charge is -2.34. The van der Waals surface area contributed by atoms with Gasteiger partial charge in [0.25, 0.3) is 0 Å². The van der Waals surface area contributed by atoms with E-state index in [-0.39, 0.29) is 67.9 Å². The monoisotopic (exact) mass is 725 g/mol. The summed E-state index contributed by atoms with van der Waals surface area (Å²) in [5.41, 5.74) is -6.15. The summed E-state index contributed by atoms with van der Waals surface area (Å²) in [5.74, 6) is 0.294. The molecule has 4 aromatic rings. The van der Waals surface area contributed by atoms with Gasteiger partial charge in [0.1, 0.15) is 22.9 Å². The summed E-state index contributed by atoms with van der Waals surface area (Å²) in [6.45, 7) is 5.30. The molecule has 1 aliphatic carbocycles. The van der Waals surface area contributed by atoms with E-state index in [2.05, 4.69) is 21.1 Å². The molecule has 2 N–H and O–H groups in total. The molecule has 3 aromatic carbocycles. The first-order valence-corrected chi connectivity index (χ1v) is 18.0. The molecule has 51 heavy (non-hydrogen) atoms. The van der Waals surface area contributed by atoms with Crippen LogP contribution in [0.25, 0.3) is 32.8 Å². The second-order valence-electron chi connectivity index (χ2n) is 14.1. The summed E-state index contributed by atoms with van der Waals surface area (Å²) in [7, 11) is 0. The molecular formula is C37H36F5N5O3S. The summed E-state index contributed by atoms with van der Waals surface area (Å²) >= 11 is -0.502. The number of anilines is 1. The van der Waals surface area contributed by atoms with Gasteiger partial charge in [-0.25, -0.2) is 8.78 Å². The SMILES string of the molecule is C#Cc1c(F)ccc2cc(O)cc(-c3c(SC(F)(F)F)cc4c(N5CC6CCC(C5)N6)nc(OCC5(CN6CCCOCC6)CC5)nc4c3F)c12. The zero-order valence-corrected chi connectivity index (χ0v) is 28.5. The van der Waals surface area contributed by atoms with Crippen LogP contribution in [0.1, 0.15) is 37.7 Å². The molecule has 4 heterocycles. The summed E-state index contributed by atoms with van der Waals surface area (Å²) in [4.78, 5) is 13.1. The van der Waals surface area contributed by atoms with Crippen molar-refractivity contribution in [3.8, 4) is 35.2 Å². The molecular weight excluding hydrogens is 689 g/mol. The van der Waals surface area contributed by atoms with Gasteiger partial charge in [-0.1, -0.05) is 12.0 Å². The van der Waals surface area contributed by atoms with Crippen molar-refractivity contribution in [2.45, 2.75) is 54.6 Å². The molecule has 0 spiro atoms. The fourth-order valence-electron chi connectivity index (χ4n) is 7.84. The van der Waals surface area contributed by atoms with E-state index in [4.69, 9.17) is 20.9 Å². The fourth-order valence-corrected chi connectivity index (χ4v) is 8.56. The summed E-state index contributed by atoms with van der Waals surface area (Å²) in [6.07, 6.45) is 10.4. The second-order valence-corrected chi connectivity index (χ2v) is 15.2. The highest BCUT2D eigenvalue weighted by atomic mass is 32.2. The Labute approximate surface area is 295 Å². The van der Waals surface area contributed by atoms with Crippen LogP contribution in [0, 0.1) is 29.4 Å². The van der Waals surface area contributed by atoms with Crippen molar-refractivity contribution in [1.29, 1.82) is 0 Å². The molecule has 8 nitrogen and oxygen atoms in total. The number of hydrogen-bond acceptors (Lipinski definition) is 9. The van der Waals surface area contributed by atoms with E-state index in [1.165, 1.54) is 18.2 Å². The van der Waals surface area contributed by atoms with Crippen LogP contribution < -0.4 is 15.0 Å². The van der Waals surface area contributed by atoms with Gasteiger partial charge in [0.05, 0.1) is 18.8 Å². The molecule has 3 saturated heterocycles. The number of fused-ring (bicyclic) bond motifs is 4. The number of piperazine rings is 1. The topological polar surface area (TPSA) is 83.0 Å². The molecule has 0 amide bonds. The molecule has 1 aromatic heterocycles. The maximum Gasteiger partial charge on any atom is 0.446 e. The van der Waals surface area contributed by atoms with Crippen molar-refractivity contribution in [2.24, 2.45) is 5.41 Å².